The van der Waals surface area contributed by atoms with Gasteiger partial charge in [-0.15, -0.1) is 0 Å². The van der Waals surface area contributed by atoms with Crippen LogP contribution in [0.2, 0.25) is 0 Å². The molecule has 0 spiro atoms. The third-order valence-corrected chi connectivity index (χ3v) is 1.44. The lowest BCUT2D eigenvalue weighted by molar-refractivity contribution is 0.610. The van der Waals surface area contributed by atoms with Crippen molar-refractivity contribution in [1.82, 2.24) is 10.7 Å². The van der Waals surface area contributed by atoms with Crippen LogP contribution in [0.25, 0.3) is 0 Å². The summed E-state index contributed by atoms with van der Waals surface area (Å²) in [6.07, 6.45) is 2.66. The van der Waals surface area contributed by atoms with Crippen LogP contribution in [0.15, 0.2) is 22.2 Å². The minimum absolute atomic E-state index is 0.642. The molecular formula is C9H18N4. The Morgan fingerprint density at radius 2 is 2.31 bits per heavy atom. The van der Waals surface area contributed by atoms with Gasteiger partial charge in [-0.25, -0.2) is 0 Å². The molecule has 0 saturated carbocycles. The average molecular weight is 182 g/mol. The molecule has 0 aromatic rings. The first kappa shape index (κ1) is 11.8. The maximum atomic E-state index is 3.96. The fraction of sp³-hybridized carbons (Fsp3) is 0.556. The van der Waals surface area contributed by atoms with E-state index in [2.05, 4.69) is 34.1 Å². The van der Waals surface area contributed by atoms with Gasteiger partial charge in [-0.3, -0.25) is 15.7 Å². The molecule has 0 saturated heterocycles. The third-order valence-electron chi connectivity index (χ3n) is 1.44. The van der Waals surface area contributed by atoms with E-state index in [1.165, 1.54) is 0 Å². The van der Waals surface area contributed by atoms with E-state index in [9.17, 15) is 0 Å². The van der Waals surface area contributed by atoms with E-state index < -0.39 is 0 Å². The number of hydrogen-bond acceptors (Lipinski definition) is 4. The van der Waals surface area contributed by atoms with E-state index in [1.54, 1.807) is 6.21 Å². The Balaban J connectivity index is 3.19. The average Bonchev–Trinajstić information content (AvgIpc) is 2.16. The highest BCUT2D eigenvalue weighted by molar-refractivity contribution is 5.77. The lowest BCUT2D eigenvalue weighted by atomic mass is 10.3. The normalized spacial score (nSPS) is 10.2. The Labute approximate surface area is 79.8 Å². The van der Waals surface area contributed by atoms with Crippen LogP contribution in [0.3, 0.4) is 0 Å². The van der Waals surface area contributed by atoms with Crippen LogP contribution in [0.5, 0.6) is 0 Å². The van der Waals surface area contributed by atoms with Gasteiger partial charge in [0.2, 0.25) is 0 Å². The monoisotopic (exact) mass is 182 g/mol. The van der Waals surface area contributed by atoms with Crippen molar-refractivity contribution in [1.29, 1.82) is 0 Å². The van der Waals surface area contributed by atoms with E-state index in [-0.39, 0.29) is 0 Å². The summed E-state index contributed by atoms with van der Waals surface area (Å²) in [6, 6.07) is 0. The molecule has 0 amide bonds. The molecule has 0 bridgehead atoms. The lowest BCUT2D eigenvalue weighted by Crippen LogP contribution is -2.27. The number of nitrogens with one attached hydrogen (secondary N) is 2. The van der Waals surface area contributed by atoms with Gasteiger partial charge in [0.25, 0.3) is 0 Å². The molecule has 0 aromatic heterocycles. The highest BCUT2D eigenvalue weighted by Gasteiger charge is 1.83. The van der Waals surface area contributed by atoms with Crippen molar-refractivity contribution in [2.75, 3.05) is 19.8 Å². The standard InChI is InChI=1S/C9H18N4/c1-4-9(2)7-12-13-8-11-6-5-10-3/h7,11,13H,2-6,8H2,1H3/b12-7+. The van der Waals surface area contributed by atoms with Gasteiger partial charge in [-0.05, 0) is 18.7 Å². The van der Waals surface area contributed by atoms with Gasteiger partial charge in [-0.2, -0.15) is 5.10 Å². The van der Waals surface area contributed by atoms with Crippen molar-refractivity contribution in [3.05, 3.63) is 12.2 Å². The molecule has 4 heteroatoms. The predicted molar refractivity (Wildman–Crippen MR) is 58.3 cm³/mol. The van der Waals surface area contributed by atoms with Crippen molar-refractivity contribution in [3.8, 4) is 0 Å². The van der Waals surface area contributed by atoms with Crippen LogP contribution in [-0.2, 0) is 0 Å². The summed E-state index contributed by atoms with van der Waals surface area (Å²) in [7, 11) is 0. The van der Waals surface area contributed by atoms with E-state index in [0.717, 1.165) is 25.1 Å². The zero-order valence-electron chi connectivity index (χ0n) is 8.21. The van der Waals surface area contributed by atoms with Crippen LogP contribution in [-0.4, -0.2) is 32.7 Å². The number of aliphatic imine (C=N–C) groups is 1. The summed E-state index contributed by atoms with van der Waals surface area (Å²) in [5.74, 6) is 0. The third kappa shape index (κ3) is 8.75. The molecule has 0 aliphatic heterocycles. The van der Waals surface area contributed by atoms with Crippen molar-refractivity contribution in [2.24, 2.45) is 10.1 Å². The van der Waals surface area contributed by atoms with E-state index in [0.29, 0.717) is 6.67 Å². The number of allylic oxidation sites excluding steroid dienone is 1. The molecule has 0 aliphatic carbocycles. The molecule has 0 aromatic carbocycles. The van der Waals surface area contributed by atoms with Gasteiger partial charge in [0.1, 0.15) is 0 Å². The molecule has 4 nitrogen and oxygen atoms in total. The van der Waals surface area contributed by atoms with Gasteiger partial charge in [0.15, 0.2) is 0 Å². The summed E-state index contributed by atoms with van der Waals surface area (Å²) in [4.78, 5) is 3.70. The highest BCUT2D eigenvalue weighted by atomic mass is 15.3. The Morgan fingerprint density at radius 3 is 2.92 bits per heavy atom. The van der Waals surface area contributed by atoms with Crippen LogP contribution < -0.4 is 10.7 Å². The van der Waals surface area contributed by atoms with Crippen LogP contribution in [0.1, 0.15) is 13.3 Å². The first-order valence-electron chi connectivity index (χ1n) is 4.38. The van der Waals surface area contributed by atoms with Crippen molar-refractivity contribution in [2.45, 2.75) is 13.3 Å². The van der Waals surface area contributed by atoms with Gasteiger partial charge >= 0.3 is 0 Å². The molecule has 0 heterocycles. The van der Waals surface area contributed by atoms with Crippen molar-refractivity contribution < 1.29 is 0 Å². The minimum atomic E-state index is 0.642. The smallest absolute Gasteiger partial charge is 0.0824 e. The zero-order valence-corrected chi connectivity index (χ0v) is 8.21. The fourth-order valence-corrected chi connectivity index (χ4v) is 0.576. The van der Waals surface area contributed by atoms with Gasteiger partial charge in [0.05, 0.1) is 13.2 Å². The zero-order chi connectivity index (χ0) is 9.94. The van der Waals surface area contributed by atoms with Gasteiger partial charge in [-0.1, -0.05) is 13.5 Å². The molecule has 13 heavy (non-hydrogen) atoms. The summed E-state index contributed by atoms with van der Waals surface area (Å²) in [5.41, 5.74) is 3.86. The maximum absolute atomic E-state index is 3.96. The number of hydrazone groups is 1. The Hall–Kier alpha value is -1.16. The van der Waals surface area contributed by atoms with Crippen LogP contribution in [0.4, 0.5) is 0 Å². The van der Waals surface area contributed by atoms with E-state index in [4.69, 9.17) is 0 Å². The number of rotatable bonds is 8. The summed E-state index contributed by atoms with van der Waals surface area (Å²) >= 11 is 0. The quantitative estimate of drug-likeness (QED) is 0.252. The second-order valence-electron chi connectivity index (χ2n) is 2.55. The molecule has 0 rings (SSSR count). The molecular weight excluding hydrogens is 164 g/mol. The Kier molecular flexibility index (Phi) is 8.14. The van der Waals surface area contributed by atoms with E-state index >= 15 is 0 Å². The van der Waals surface area contributed by atoms with Crippen LogP contribution in [0, 0.1) is 0 Å². The molecule has 0 atom stereocenters. The van der Waals surface area contributed by atoms with Gasteiger partial charge in [0, 0.05) is 12.8 Å². The molecule has 74 valence electrons. The van der Waals surface area contributed by atoms with Crippen molar-refractivity contribution in [3.63, 3.8) is 0 Å². The first-order valence-corrected chi connectivity index (χ1v) is 4.38. The molecule has 0 radical (unpaired) electrons. The number of hydrogen-bond donors (Lipinski definition) is 2. The van der Waals surface area contributed by atoms with Gasteiger partial charge < -0.3 is 0 Å². The molecule has 0 fully saturated rings. The largest absolute Gasteiger partial charge is 0.300 e. The highest BCUT2D eigenvalue weighted by Crippen LogP contribution is 1.88. The predicted octanol–water partition coefficient (Wildman–Crippen LogP) is 0.776. The first-order chi connectivity index (χ1) is 6.31. The van der Waals surface area contributed by atoms with E-state index in [1.807, 2.05) is 6.92 Å². The summed E-state index contributed by atoms with van der Waals surface area (Å²) < 4.78 is 0. The minimum Gasteiger partial charge on any atom is -0.300 e. The summed E-state index contributed by atoms with van der Waals surface area (Å²) in [6.45, 7) is 11.4. The molecule has 0 unspecified atom stereocenters. The SMILES string of the molecule is C=NCCNCN/N=C/C(=C)CC. The lowest BCUT2D eigenvalue weighted by Gasteiger charge is -2.01. The summed E-state index contributed by atoms with van der Waals surface area (Å²) in [5, 5.41) is 7.05. The molecule has 0 aliphatic rings. The topological polar surface area (TPSA) is 48.8 Å². The van der Waals surface area contributed by atoms with Crippen LogP contribution >= 0.6 is 0 Å². The Bertz CT molecular complexity index is 174. The second-order valence-corrected chi connectivity index (χ2v) is 2.55. The maximum Gasteiger partial charge on any atom is 0.0824 e. The Morgan fingerprint density at radius 1 is 1.54 bits per heavy atom. The second kappa shape index (κ2) is 8.93. The molecule has 2 N–H and O–H groups in total. The number of nitrogens with zero attached hydrogens (tertiary/aromatic N) is 2. The fourth-order valence-electron chi connectivity index (χ4n) is 0.576. The van der Waals surface area contributed by atoms with Crippen molar-refractivity contribution >= 4 is 12.9 Å².